The number of rotatable bonds is 5. The van der Waals surface area contributed by atoms with Gasteiger partial charge in [-0.3, -0.25) is 14.8 Å². The van der Waals surface area contributed by atoms with Gasteiger partial charge in [0.1, 0.15) is 0 Å². The second-order valence-electron chi connectivity index (χ2n) is 7.17. The number of piperidine rings is 1. The zero-order valence-electron chi connectivity index (χ0n) is 16.4. The lowest BCUT2D eigenvalue weighted by Gasteiger charge is -2.32. The quantitative estimate of drug-likeness (QED) is 0.465. The summed E-state index contributed by atoms with van der Waals surface area (Å²) in [6.07, 6.45) is 7.98. The van der Waals surface area contributed by atoms with Gasteiger partial charge in [0.05, 0.1) is 11.4 Å². The first-order valence-corrected chi connectivity index (χ1v) is 9.68. The van der Waals surface area contributed by atoms with Gasteiger partial charge in [-0.25, -0.2) is 10.5 Å². The minimum absolute atomic E-state index is 0.0234. The highest BCUT2D eigenvalue weighted by molar-refractivity contribution is 5.92. The maximum Gasteiger partial charge on any atom is 0.267 e. The molecule has 1 aromatic carbocycles. The van der Waals surface area contributed by atoms with Gasteiger partial charge in [-0.05, 0) is 49.6 Å². The molecule has 0 radical (unpaired) electrons. The summed E-state index contributed by atoms with van der Waals surface area (Å²) in [4.78, 5) is 30.0. The Balaban J connectivity index is 1.64. The van der Waals surface area contributed by atoms with Gasteiger partial charge in [-0.1, -0.05) is 35.9 Å². The van der Waals surface area contributed by atoms with E-state index in [1.807, 2.05) is 4.90 Å². The van der Waals surface area contributed by atoms with Crippen LogP contribution in [0.5, 0.6) is 0 Å². The van der Waals surface area contributed by atoms with Crippen molar-refractivity contribution < 1.29 is 14.8 Å². The maximum absolute atomic E-state index is 12.7. The molecule has 2 aromatic rings. The number of amides is 2. The minimum atomic E-state index is -0.629. The molecule has 1 saturated heterocycles. The topological polar surface area (TPSA) is 82.5 Å². The van der Waals surface area contributed by atoms with Crippen LogP contribution in [0.1, 0.15) is 41.3 Å². The van der Waals surface area contributed by atoms with Crippen LogP contribution in [0.25, 0.3) is 12.2 Å². The number of nitrogens with zero attached hydrogens (tertiary/aromatic N) is 2. The first kappa shape index (κ1) is 20.5. The number of carbonyl (C=O) groups excluding carboxylic acids is 2. The van der Waals surface area contributed by atoms with Crippen LogP contribution in [0, 0.1) is 6.92 Å². The van der Waals surface area contributed by atoms with Crippen molar-refractivity contribution in [2.75, 3.05) is 13.1 Å². The largest absolute Gasteiger partial charge is 0.339 e. The molecule has 2 amide bonds. The Morgan fingerprint density at radius 2 is 1.86 bits per heavy atom. The normalized spacial score (nSPS) is 17.0. The summed E-state index contributed by atoms with van der Waals surface area (Å²) >= 11 is 0. The van der Waals surface area contributed by atoms with E-state index in [9.17, 15) is 9.59 Å². The Morgan fingerprint density at radius 3 is 2.59 bits per heavy atom. The summed E-state index contributed by atoms with van der Waals surface area (Å²) < 4.78 is 0. The smallest absolute Gasteiger partial charge is 0.267 e. The molecule has 0 saturated carbocycles. The first-order valence-electron chi connectivity index (χ1n) is 9.68. The molecule has 6 nitrogen and oxygen atoms in total. The van der Waals surface area contributed by atoms with Gasteiger partial charge in [-0.15, -0.1) is 0 Å². The van der Waals surface area contributed by atoms with Crippen LogP contribution < -0.4 is 5.48 Å². The average Bonchev–Trinajstić information content (AvgIpc) is 2.76. The lowest BCUT2D eigenvalue weighted by Crippen LogP contribution is -2.38. The highest BCUT2D eigenvalue weighted by Gasteiger charge is 2.23. The third kappa shape index (κ3) is 5.86. The zero-order chi connectivity index (χ0) is 20.6. The molecule has 1 fully saturated rings. The van der Waals surface area contributed by atoms with E-state index in [0.29, 0.717) is 17.3 Å². The zero-order valence-corrected chi connectivity index (χ0v) is 16.4. The van der Waals surface area contributed by atoms with Crippen LogP contribution in [0.2, 0.25) is 0 Å². The number of likely N-dealkylation sites (tertiary alicyclic amines) is 1. The van der Waals surface area contributed by atoms with Crippen LogP contribution in [0.3, 0.4) is 0 Å². The Bertz CT molecular complexity index is 936. The van der Waals surface area contributed by atoms with E-state index in [2.05, 4.69) is 36.2 Å². The van der Waals surface area contributed by atoms with Crippen LogP contribution in [0.15, 0.2) is 54.6 Å². The molecule has 2 heterocycles. The summed E-state index contributed by atoms with van der Waals surface area (Å²) in [5.41, 5.74) is 5.23. The Labute approximate surface area is 170 Å². The number of aryl methyl sites for hydroxylation is 1. The third-order valence-corrected chi connectivity index (χ3v) is 4.95. The van der Waals surface area contributed by atoms with Crippen molar-refractivity contribution in [1.29, 1.82) is 0 Å². The molecule has 1 aromatic heterocycles. The van der Waals surface area contributed by atoms with Crippen LogP contribution in [-0.2, 0) is 9.59 Å². The molecule has 0 aliphatic carbocycles. The fraction of sp³-hybridized carbons (Fsp3) is 0.261. The maximum atomic E-state index is 12.7. The Morgan fingerprint density at radius 1 is 1.14 bits per heavy atom. The number of hydrogen-bond donors (Lipinski definition) is 2. The molecule has 0 bridgehead atoms. The predicted molar refractivity (Wildman–Crippen MR) is 112 cm³/mol. The van der Waals surface area contributed by atoms with Crippen molar-refractivity contribution >= 4 is 24.0 Å². The standard InChI is InChI=1S/C23H25N3O3/c1-17-5-2-6-18(15-17)19-7-4-14-26(16-19)23(28)13-11-21-9-3-8-20(24-21)10-12-22(27)25-29/h2-3,5-6,8-13,15,19,29H,4,7,14,16H2,1H3,(H,25,27). The summed E-state index contributed by atoms with van der Waals surface area (Å²) in [5, 5.41) is 8.52. The van der Waals surface area contributed by atoms with Crippen LogP contribution >= 0.6 is 0 Å². The fourth-order valence-corrected chi connectivity index (χ4v) is 3.49. The van der Waals surface area contributed by atoms with Crippen molar-refractivity contribution in [3.8, 4) is 0 Å². The number of hydroxylamine groups is 1. The van der Waals surface area contributed by atoms with Gasteiger partial charge in [-0.2, -0.15) is 0 Å². The molecule has 2 N–H and O–H groups in total. The average molecular weight is 391 g/mol. The second-order valence-corrected chi connectivity index (χ2v) is 7.17. The lowest BCUT2D eigenvalue weighted by atomic mass is 9.90. The summed E-state index contributed by atoms with van der Waals surface area (Å²) in [6, 6.07) is 13.8. The molecule has 6 heteroatoms. The van der Waals surface area contributed by atoms with E-state index in [-0.39, 0.29) is 5.91 Å². The van der Waals surface area contributed by atoms with Crippen molar-refractivity contribution in [2.45, 2.75) is 25.7 Å². The molecule has 1 unspecified atom stereocenters. The summed E-state index contributed by atoms with van der Waals surface area (Å²) in [6.45, 7) is 3.57. The molecular formula is C23H25N3O3. The predicted octanol–water partition coefficient (Wildman–Crippen LogP) is 3.33. The van der Waals surface area contributed by atoms with Gasteiger partial charge in [0.25, 0.3) is 5.91 Å². The minimum Gasteiger partial charge on any atom is -0.339 e. The number of carbonyl (C=O) groups is 2. The highest BCUT2D eigenvalue weighted by atomic mass is 16.5. The SMILES string of the molecule is Cc1cccc(C2CCCN(C(=O)C=Cc3cccc(C=CC(=O)NO)n3)C2)c1. The van der Waals surface area contributed by atoms with Gasteiger partial charge in [0, 0.05) is 31.2 Å². The van der Waals surface area contributed by atoms with Gasteiger partial charge in [0.2, 0.25) is 5.91 Å². The van der Waals surface area contributed by atoms with Crippen LogP contribution in [-0.4, -0.2) is 40.0 Å². The van der Waals surface area contributed by atoms with E-state index in [4.69, 9.17) is 5.21 Å². The molecule has 1 aliphatic rings. The molecule has 1 atom stereocenters. The second kappa shape index (κ2) is 9.80. The number of nitrogens with one attached hydrogen (secondary N) is 1. The van der Waals surface area contributed by atoms with E-state index in [1.54, 1.807) is 30.4 Å². The van der Waals surface area contributed by atoms with Crippen molar-refractivity contribution in [1.82, 2.24) is 15.4 Å². The molecule has 0 spiro atoms. The molecule has 29 heavy (non-hydrogen) atoms. The van der Waals surface area contributed by atoms with E-state index in [1.165, 1.54) is 28.8 Å². The van der Waals surface area contributed by atoms with Gasteiger partial charge >= 0.3 is 0 Å². The van der Waals surface area contributed by atoms with Crippen molar-refractivity contribution in [3.05, 3.63) is 77.1 Å². The lowest BCUT2D eigenvalue weighted by molar-refractivity contribution is -0.127. The van der Waals surface area contributed by atoms with Gasteiger partial charge < -0.3 is 4.90 Å². The highest BCUT2D eigenvalue weighted by Crippen LogP contribution is 2.27. The van der Waals surface area contributed by atoms with Gasteiger partial charge in [0.15, 0.2) is 0 Å². The molecule has 1 aliphatic heterocycles. The van der Waals surface area contributed by atoms with Crippen molar-refractivity contribution in [3.63, 3.8) is 0 Å². The number of pyridine rings is 1. The van der Waals surface area contributed by atoms with E-state index < -0.39 is 5.91 Å². The molecule has 3 rings (SSSR count). The Kier molecular flexibility index (Phi) is 6.92. The molecule has 150 valence electrons. The summed E-state index contributed by atoms with van der Waals surface area (Å²) in [5.74, 6) is -0.286. The first-order chi connectivity index (χ1) is 14.0. The van der Waals surface area contributed by atoms with E-state index >= 15 is 0 Å². The van der Waals surface area contributed by atoms with E-state index in [0.717, 1.165) is 25.9 Å². The third-order valence-electron chi connectivity index (χ3n) is 4.95. The number of hydrogen-bond acceptors (Lipinski definition) is 4. The Hall–Kier alpha value is -3.25. The fourth-order valence-electron chi connectivity index (χ4n) is 3.49. The van der Waals surface area contributed by atoms with Crippen LogP contribution in [0.4, 0.5) is 0 Å². The number of benzene rings is 1. The molecular weight excluding hydrogens is 366 g/mol. The van der Waals surface area contributed by atoms with Crippen molar-refractivity contribution in [2.24, 2.45) is 0 Å². The monoisotopic (exact) mass is 391 g/mol. The summed E-state index contributed by atoms with van der Waals surface area (Å²) in [7, 11) is 0. The number of aromatic nitrogens is 1.